The highest BCUT2D eigenvalue weighted by atomic mass is 16.7. The molecule has 0 aromatic heterocycles. The fraction of sp³-hybridized carbons (Fsp3) is 0.467. The van der Waals surface area contributed by atoms with Gasteiger partial charge in [-0.1, -0.05) is 6.07 Å². The van der Waals surface area contributed by atoms with Gasteiger partial charge in [0.2, 0.25) is 6.79 Å². The molecule has 1 aliphatic rings. The van der Waals surface area contributed by atoms with Crippen LogP contribution in [0.1, 0.15) is 38.7 Å². The molecule has 1 aromatic rings. The van der Waals surface area contributed by atoms with E-state index >= 15 is 0 Å². The molecule has 0 bridgehead atoms. The lowest BCUT2D eigenvalue weighted by atomic mass is 9.95. The Morgan fingerprint density at radius 1 is 1.29 bits per heavy atom. The molecule has 0 saturated carbocycles. The maximum Gasteiger partial charge on any atom is 0.314 e. The van der Waals surface area contributed by atoms with Crippen molar-refractivity contribution in [3.63, 3.8) is 0 Å². The molecule has 1 atom stereocenters. The predicted octanol–water partition coefficient (Wildman–Crippen LogP) is 2.32. The molecule has 0 radical (unpaired) electrons. The fourth-order valence-corrected chi connectivity index (χ4v) is 2.01. The highest BCUT2D eigenvalue weighted by Crippen LogP contribution is 2.36. The summed E-state index contributed by atoms with van der Waals surface area (Å²) in [5.74, 6) is -1.42. The van der Waals surface area contributed by atoms with E-state index in [-0.39, 0.29) is 13.2 Å². The van der Waals surface area contributed by atoms with Crippen LogP contribution in [0, 0.1) is 0 Å². The van der Waals surface area contributed by atoms with Gasteiger partial charge in [0.05, 0.1) is 12.3 Å². The quantitative estimate of drug-likeness (QED) is 0.858. The van der Waals surface area contributed by atoms with E-state index in [1.165, 1.54) is 0 Å². The number of benzene rings is 1. The summed E-state index contributed by atoms with van der Waals surface area (Å²) in [4.78, 5) is 23.3. The minimum absolute atomic E-state index is 0.120. The Kier molecular flexibility index (Phi) is 4.06. The monoisotopic (exact) mass is 294 g/mol. The lowest BCUT2D eigenvalue weighted by molar-refractivity contribution is -0.159. The van der Waals surface area contributed by atoms with Crippen LogP contribution in [0.25, 0.3) is 0 Å². The van der Waals surface area contributed by atoms with Gasteiger partial charge < -0.3 is 19.3 Å². The Balaban J connectivity index is 2.27. The number of fused-ring (bicyclic) bond motifs is 1. The maximum atomic E-state index is 12.2. The number of ether oxygens (including phenoxy) is 3. The molecule has 1 heterocycles. The molecule has 0 aliphatic carbocycles. The molecule has 0 fully saturated rings. The van der Waals surface area contributed by atoms with Crippen LogP contribution in [-0.4, -0.2) is 29.4 Å². The third-order valence-corrected chi connectivity index (χ3v) is 2.87. The smallest absolute Gasteiger partial charge is 0.314 e. The van der Waals surface area contributed by atoms with Crippen LogP contribution in [0.15, 0.2) is 18.2 Å². The summed E-state index contributed by atoms with van der Waals surface area (Å²) >= 11 is 0. The van der Waals surface area contributed by atoms with E-state index in [4.69, 9.17) is 19.3 Å². The summed E-state index contributed by atoms with van der Waals surface area (Å²) in [7, 11) is 0. The van der Waals surface area contributed by atoms with Gasteiger partial charge in [-0.3, -0.25) is 9.59 Å². The van der Waals surface area contributed by atoms with Crippen molar-refractivity contribution in [3.8, 4) is 11.5 Å². The van der Waals surface area contributed by atoms with Crippen molar-refractivity contribution >= 4 is 11.9 Å². The van der Waals surface area contributed by atoms with Gasteiger partial charge in [-0.25, -0.2) is 0 Å². The zero-order valence-electron chi connectivity index (χ0n) is 12.2. The first-order valence-electron chi connectivity index (χ1n) is 6.60. The minimum atomic E-state index is -1.07. The molecular formula is C15H18O6. The Labute approximate surface area is 122 Å². The number of carbonyl (C=O) groups is 2. The van der Waals surface area contributed by atoms with Gasteiger partial charge in [0.15, 0.2) is 11.5 Å². The van der Waals surface area contributed by atoms with E-state index in [1.807, 2.05) is 0 Å². The van der Waals surface area contributed by atoms with E-state index < -0.39 is 23.5 Å². The molecule has 0 spiro atoms. The van der Waals surface area contributed by atoms with Crippen molar-refractivity contribution in [1.82, 2.24) is 0 Å². The van der Waals surface area contributed by atoms with Gasteiger partial charge in [0.25, 0.3) is 0 Å². The van der Waals surface area contributed by atoms with Crippen LogP contribution in [-0.2, 0) is 14.3 Å². The third-order valence-electron chi connectivity index (χ3n) is 2.87. The predicted molar refractivity (Wildman–Crippen MR) is 73.4 cm³/mol. The molecule has 6 heteroatoms. The molecule has 1 aliphatic heterocycles. The van der Waals surface area contributed by atoms with Gasteiger partial charge >= 0.3 is 11.9 Å². The Hall–Kier alpha value is -2.24. The van der Waals surface area contributed by atoms with Crippen molar-refractivity contribution in [1.29, 1.82) is 0 Å². The van der Waals surface area contributed by atoms with Crippen LogP contribution in [0.4, 0.5) is 0 Å². The minimum Gasteiger partial charge on any atom is -0.481 e. The molecule has 0 unspecified atom stereocenters. The number of esters is 1. The van der Waals surface area contributed by atoms with E-state index in [9.17, 15) is 9.59 Å². The van der Waals surface area contributed by atoms with Crippen LogP contribution < -0.4 is 9.47 Å². The highest BCUT2D eigenvalue weighted by molar-refractivity contribution is 5.84. The molecule has 1 N–H and O–H groups in total. The first-order chi connectivity index (χ1) is 9.76. The molecule has 0 amide bonds. The maximum absolute atomic E-state index is 12.2. The van der Waals surface area contributed by atoms with E-state index in [2.05, 4.69) is 0 Å². The summed E-state index contributed by atoms with van der Waals surface area (Å²) < 4.78 is 15.8. The second kappa shape index (κ2) is 5.63. The van der Waals surface area contributed by atoms with E-state index in [0.29, 0.717) is 17.1 Å². The molecule has 21 heavy (non-hydrogen) atoms. The number of carboxylic acid groups (broad SMARTS) is 1. The lowest BCUT2D eigenvalue weighted by Gasteiger charge is -2.23. The zero-order chi connectivity index (χ0) is 15.6. The van der Waals surface area contributed by atoms with Gasteiger partial charge in [0, 0.05) is 0 Å². The van der Waals surface area contributed by atoms with Crippen LogP contribution in [0.2, 0.25) is 0 Å². The van der Waals surface area contributed by atoms with Crippen LogP contribution in [0.3, 0.4) is 0 Å². The topological polar surface area (TPSA) is 82.1 Å². The Morgan fingerprint density at radius 3 is 2.57 bits per heavy atom. The molecule has 6 nitrogen and oxygen atoms in total. The molecule has 1 aromatic carbocycles. The number of hydrogen-bond acceptors (Lipinski definition) is 5. The van der Waals surface area contributed by atoms with Crippen molar-refractivity contribution < 1.29 is 28.9 Å². The Morgan fingerprint density at radius 2 is 1.95 bits per heavy atom. The average Bonchev–Trinajstić information content (AvgIpc) is 2.80. The number of aliphatic carboxylic acids is 1. The summed E-state index contributed by atoms with van der Waals surface area (Å²) in [6, 6.07) is 4.95. The van der Waals surface area contributed by atoms with Crippen molar-refractivity contribution in [2.45, 2.75) is 38.7 Å². The number of carbonyl (C=O) groups excluding carboxylic acids is 1. The summed E-state index contributed by atoms with van der Waals surface area (Å²) in [5.41, 5.74) is -0.139. The Bertz CT molecular complexity index is 558. The van der Waals surface area contributed by atoms with Crippen molar-refractivity contribution in [3.05, 3.63) is 23.8 Å². The SMILES string of the molecule is CC(C)(C)OC(=O)[C@H](CC(=O)O)c1ccc2c(c1)OCO2. The van der Waals surface area contributed by atoms with Crippen molar-refractivity contribution in [2.24, 2.45) is 0 Å². The second-order valence-corrected chi connectivity index (χ2v) is 5.80. The number of carboxylic acids is 1. The van der Waals surface area contributed by atoms with Gasteiger partial charge in [-0.05, 0) is 38.5 Å². The number of hydrogen-bond donors (Lipinski definition) is 1. The second-order valence-electron chi connectivity index (χ2n) is 5.80. The van der Waals surface area contributed by atoms with Crippen LogP contribution in [0.5, 0.6) is 11.5 Å². The summed E-state index contributed by atoms with van der Waals surface area (Å²) in [6.07, 6.45) is -0.339. The normalized spacial score (nSPS) is 14.6. The van der Waals surface area contributed by atoms with Gasteiger partial charge in [-0.2, -0.15) is 0 Å². The number of rotatable bonds is 4. The van der Waals surface area contributed by atoms with Crippen LogP contribution >= 0.6 is 0 Å². The van der Waals surface area contributed by atoms with Gasteiger partial charge in [0.1, 0.15) is 5.60 Å². The average molecular weight is 294 g/mol. The third kappa shape index (κ3) is 3.87. The first kappa shape index (κ1) is 15.2. The highest BCUT2D eigenvalue weighted by Gasteiger charge is 2.30. The fourth-order valence-electron chi connectivity index (χ4n) is 2.01. The summed E-state index contributed by atoms with van der Waals surface area (Å²) in [6.45, 7) is 5.34. The largest absolute Gasteiger partial charge is 0.481 e. The van der Waals surface area contributed by atoms with E-state index in [0.717, 1.165) is 0 Å². The molecular weight excluding hydrogens is 276 g/mol. The zero-order valence-corrected chi connectivity index (χ0v) is 12.2. The lowest BCUT2D eigenvalue weighted by Crippen LogP contribution is -2.28. The molecule has 114 valence electrons. The molecule has 2 rings (SSSR count). The van der Waals surface area contributed by atoms with Gasteiger partial charge in [-0.15, -0.1) is 0 Å². The van der Waals surface area contributed by atoms with Crippen molar-refractivity contribution in [2.75, 3.05) is 6.79 Å². The first-order valence-corrected chi connectivity index (χ1v) is 6.60. The van der Waals surface area contributed by atoms with E-state index in [1.54, 1.807) is 39.0 Å². The summed E-state index contributed by atoms with van der Waals surface area (Å²) in [5, 5.41) is 9.02. The standard InChI is InChI=1S/C15H18O6/c1-15(2,3)21-14(18)10(7-13(16)17)9-4-5-11-12(6-9)20-8-19-11/h4-6,10H,7-8H2,1-3H3,(H,16,17)/t10-/m1/s1. The molecule has 0 saturated heterocycles.